The lowest BCUT2D eigenvalue weighted by Crippen LogP contribution is -2.31. The molecule has 2 fully saturated rings. The number of ether oxygens (including phenoxy) is 1. The van der Waals surface area contributed by atoms with Crippen molar-refractivity contribution >= 4 is 17.5 Å². The van der Waals surface area contributed by atoms with E-state index in [1.807, 2.05) is 0 Å². The highest BCUT2D eigenvalue weighted by molar-refractivity contribution is 6.28. The van der Waals surface area contributed by atoms with E-state index in [0.717, 1.165) is 25.9 Å². The zero-order chi connectivity index (χ0) is 13.8. The van der Waals surface area contributed by atoms with E-state index >= 15 is 0 Å². The van der Waals surface area contributed by atoms with Crippen LogP contribution in [0.2, 0.25) is 5.28 Å². The maximum atomic E-state index is 6.02. The Bertz CT molecular complexity index is 445. The number of nitrogens with zero attached hydrogens (tertiary/aromatic N) is 4. The molecule has 1 aliphatic heterocycles. The van der Waals surface area contributed by atoms with E-state index < -0.39 is 0 Å². The number of halogens is 1. The van der Waals surface area contributed by atoms with Crippen LogP contribution in [0.5, 0.6) is 6.01 Å². The molecule has 0 amide bonds. The van der Waals surface area contributed by atoms with Crippen LogP contribution in [0.1, 0.15) is 51.4 Å². The molecule has 0 unspecified atom stereocenters. The normalized spacial score (nSPS) is 20.9. The molecule has 2 aliphatic rings. The molecule has 1 aromatic heterocycles. The molecular formula is C14H21ClN4O. The van der Waals surface area contributed by atoms with Gasteiger partial charge in [-0.3, -0.25) is 0 Å². The van der Waals surface area contributed by atoms with E-state index in [0.29, 0.717) is 12.0 Å². The van der Waals surface area contributed by atoms with Gasteiger partial charge in [0.25, 0.3) is 0 Å². The Kier molecular flexibility index (Phi) is 4.55. The summed E-state index contributed by atoms with van der Waals surface area (Å²) in [7, 11) is 0. The van der Waals surface area contributed by atoms with Gasteiger partial charge in [-0.25, -0.2) is 0 Å². The van der Waals surface area contributed by atoms with Gasteiger partial charge in [-0.1, -0.05) is 6.42 Å². The van der Waals surface area contributed by atoms with Crippen LogP contribution in [-0.4, -0.2) is 34.1 Å². The molecule has 3 rings (SSSR count). The molecule has 2 heterocycles. The molecule has 0 aromatic carbocycles. The van der Waals surface area contributed by atoms with Gasteiger partial charge in [0.05, 0.1) is 0 Å². The molecule has 6 heteroatoms. The van der Waals surface area contributed by atoms with Gasteiger partial charge in [-0.15, -0.1) is 0 Å². The van der Waals surface area contributed by atoms with Crippen LogP contribution < -0.4 is 9.64 Å². The van der Waals surface area contributed by atoms with Gasteiger partial charge < -0.3 is 9.64 Å². The standard InChI is InChI=1S/C14H21ClN4O/c15-12-16-13(19-9-5-2-6-10-19)18-14(17-12)20-11-7-3-1-4-8-11/h11H,1-10H2. The molecule has 1 aromatic rings. The Morgan fingerprint density at radius 3 is 2.35 bits per heavy atom. The zero-order valence-electron chi connectivity index (χ0n) is 11.7. The first-order valence-corrected chi connectivity index (χ1v) is 8.02. The number of rotatable bonds is 3. The second-order valence-corrected chi connectivity index (χ2v) is 5.95. The summed E-state index contributed by atoms with van der Waals surface area (Å²) in [5, 5.41) is 0.228. The topological polar surface area (TPSA) is 51.1 Å². The maximum absolute atomic E-state index is 6.02. The summed E-state index contributed by atoms with van der Waals surface area (Å²) in [6.07, 6.45) is 9.80. The molecule has 0 N–H and O–H groups in total. The molecule has 0 atom stereocenters. The van der Waals surface area contributed by atoms with Crippen LogP contribution in [0, 0.1) is 0 Å². The fourth-order valence-electron chi connectivity index (χ4n) is 2.94. The van der Waals surface area contributed by atoms with Crippen molar-refractivity contribution in [2.24, 2.45) is 0 Å². The van der Waals surface area contributed by atoms with E-state index in [2.05, 4.69) is 19.9 Å². The smallest absolute Gasteiger partial charge is 0.322 e. The minimum Gasteiger partial charge on any atom is -0.460 e. The molecule has 1 saturated carbocycles. The quantitative estimate of drug-likeness (QED) is 0.857. The predicted octanol–water partition coefficient (Wildman–Crippen LogP) is 3.23. The summed E-state index contributed by atoms with van der Waals surface area (Å²) >= 11 is 6.02. The van der Waals surface area contributed by atoms with Gasteiger partial charge in [0, 0.05) is 13.1 Å². The number of hydrogen-bond donors (Lipinski definition) is 0. The van der Waals surface area contributed by atoms with Crippen molar-refractivity contribution in [2.45, 2.75) is 57.5 Å². The van der Waals surface area contributed by atoms with E-state index in [-0.39, 0.29) is 11.4 Å². The Morgan fingerprint density at radius 1 is 0.900 bits per heavy atom. The monoisotopic (exact) mass is 296 g/mol. The Morgan fingerprint density at radius 2 is 1.60 bits per heavy atom. The minimum absolute atomic E-state index is 0.228. The Hall–Kier alpha value is -1.10. The third kappa shape index (κ3) is 3.51. The summed E-state index contributed by atoms with van der Waals surface area (Å²) in [5.41, 5.74) is 0. The number of hydrogen-bond acceptors (Lipinski definition) is 5. The number of anilines is 1. The molecule has 0 radical (unpaired) electrons. The molecule has 110 valence electrons. The van der Waals surface area contributed by atoms with E-state index in [1.54, 1.807) is 0 Å². The van der Waals surface area contributed by atoms with E-state index in [1.165, 1.54) is 38.5 Å². The first-order valence-electron chi connectivity index (χ1n) is 7.64. The Labute approximate surface area is 124 Å². The summed E-state index contributed by atoms with van der Waals surface area (Å²) in [4.78, 5) is 15.0. The minimum atomic E-state index is 0.228. The third-order valence-corrected chi connectivity index (χ3v) is 4.21. The van der Waals surface area contributed by atoms with Gasteiger partial charge in [0.1, 0.15) is 6.10 Å². The highest BCUT2D eigenvalue weighted by Crippen LogP contribution is 2.24. The Balaban J connectivity index is 1.71. The largest absolute Gasteiger partial charge is 0.460 e. The number of piperidine rings is 1. The van der Waals surface area contributed by atoms with Crippen molar-refractivity contribution in [2.75, 3.05) is 18.0 Å². The van der Waals surface area contributed by atoms with E-state index in [9.17, 15) is 0 Å². The van der Waals surface area contributed by atoms with Crippen molar-refractivity contribution in [3.05, 3.63) is 5.28 Å². The molecule has 20 heavy (non-hydrogen) atoms. The molecule has 0 bridgehead atoms. The SMILES string of the molecule is Clc1nc(OC2CCCCC2)nc(N2CCCCC2)n1. The zero-order valence-corrected chi connectivity index (χ0v) is 12.5. The fourth-order valence-corrected chi connectivity index (χ4v) is 3.09. The first kappa shape index (κ1) is 13.9. The predicted molar refractivity (Wildman–Crippen MR) is 78.4 cm³/mol. The summed E-state index contributed by atoms with van der Waals surface area (Å²) in [5.74, 6) is 0.663. The molecule has 1 aliphatic carbocycles. The lowest BCUT2D eigenvalue weighted by atomic mass is 9.98. The lowest BCUT2D eigenvalue weighted by molar-refractivity contribution is 0.141. The van der Waals surface area contributed by atoms with E-state index in [4.69, 9.17) is 16.3 Å². The van der Waals surface area contributed by atoms with Crippen LogP contribution in [0.3, 0.4) is 0 Å². The van der Waals surface area contributed by atoms with Gasteiger partial charge in [-0.2, -0.15) is 15.0 Å². The third-order valence-electron chi connectivity index (χ3n) is 4.04. The first-order chi connectivity index (χ1) is 9.81. The van der Waals surface area contributed by atoms with Crippen molar-refractivity contribution in [3.8, 4) is 6.01 Å². The van der Waals surface area contributed by atoms with Gasteiger partial charge >= 0.3 is 6.01 Å². The average Bonchev–Trinajstić information content (AvgIpc) is 2.49. The van der Waals surface area contributed by atoms with Gasteiger partial charge in [-0.05, 0) is 56.5 Å². The second kappa shape index (κ2) is 6.57. The van der Waals surface area contributed by atoms with Crippen LogP contribution >= 0.6 is 11.6 Å². The highest BCUT2D eigenvalue weighted by atomic mass is 35.5. The van der Waals surface area contributed by atoms with Crippen LogP contribution in [0.25, 0.3) is 0 Å². The molecular weight excluding hydrogens is 276 g/mol. The van der Waals surface area contributed by atoms with Crippen LogP contribution in [0.4, 0.5) is 5.95 Å². The highest BCUT2D eigenvalue weighted by Gasteiger charge is 2.19. The lowest BCUT2D eigenvalue weighted by Gasteiger charge is -2.27. The van der Waals surface area contributed by atoms with Gasteiger partial charge in [0.15, 0.2) is 0 Å². The average molecular weight is 297 g/mol. The van der Waals surface area contributed by atoms with Crippen molar-refractivity contribution in [1.29, 1.82) is 0 Å². The summed E-state index contributed by atoms with van der Waals surface area (Å²) < 4.78 is 5.89. The maximum Gasteiger partial charge on any atom is 0.322 e. The van der Waals surface area contributed by atoms with Crippen LogP contribution in [-0.2, 0) is 0 Å². The molecule has 1 saturated heterocycles. The van der Waals surface area contributed by atoms with Crippen molar-refractivity contribution in [3.63, 3.8) is 0 Å². The molecule has 5 nitrogen and oxygen atoms in total. The fraction of sp³-hybridized carbons (Fsp3) is 0.786. The number of aromatic nitrogens is 3. The van der Waals surface area contributed by atoms with Gasteiger partial charge in [0.2, 0.25) is 11.2 Å². The molecule has 0 spiro atoms. The summed E-state index contributed by atoms with van der Waals surface area (Å²) in [6.45, 7) is 1.98. The van der Waals surface area contributed by atoms with Crippen molar-refractivity contribution in [1.82, 2.24) is 15.0 Å². The summed E-state index contributed by atoms with van der Waals surface area (Å²) in [6, 6.07) is 0.387. The van der Waals surface area contributed by atoms with Crippen molar-refractivity contribution < 1.29 is 4.74 Å². The van der Waals surface area contributed by atoms with Crippen LogP contribution in [0.15, 0.2) is 0 Å². The second-order valence-electron chi connectivity index (χ2n) is 5.61.